The number of halogens is 2. The molecule has 0 aliphatic carbocycles. The quantitative estimate of drug-likeness (QED) is 0.693. The van der Waals surface area contributed by atoms with E-state index in [-0.39, 0.29) is 5.82 Å². The highest BCUT2D eigenvalue weighted by atomic mass is 79.9. The Bertz CT molecular complexity index is 735. The van der Waals surface area contributed by atoms with Crippen LogP contribution in [0.2, 0.25) is 0 Å². The summed E-state index contributed by atoms with van der Waals surface area (Å²) < 4.78 is 19.8. The lowest BCUT2D eigenvalue weighted by Gasteiger charge is -2.09. The van der Waals surface area contributed by atoms with Gasteiger partial charge < -0.3 is 4.74 Å². The topological polar surface area (TPSA) is 22.1 Å². The molecule has 2 aromatic carbocycles. The van der Waals surface area contributed by atoms with E-state index in [0.717, 1.165) is 22.2 Å². The summed E-state index contributed by atoms with van der Waals surface area (Å²) in [7, 11) is 0. The Labute approximate surface area is 124 Å². The number of benzene rings is 2. The van der Waals surface area contributed by atoms with Crippen molar-refractivity contribution in [2.75, 3.05) is 0 Å². The number of rotatable bonds is 3. The Kier molecular flexibility index (Phi) is 3.65. The molecule has 0 amide bonds. The van der Waals surface area contributed by atoms with Gasteiger partial charge in [0.2, 0.25) is 0 Å². The average molecular weight is 332 g/mol. The fourth-order valence-electron chi connectivity index (χ4n) is 2.06. The fourth-order valence-corrected chi connectivity index (χ4v) is 2.57. The van der Waals surface area contributed by atoms with E-state index in [1.165, 1.54) is 12.1 Å². The smallest absolute Gasteiger partial charge is 0.129 e. The second-order valence-corrected chi connectivity index (χ2v) is 5.31. The summed E-state index contributed by atoms with van der Waals surface area (Å²) >= 11 is 3.27. The van der Waals surface area contributed by atoms with Crippen molar-refractivity contribution < 1.29 is 9.13 Å². The normalized spacial score (nSPS) is 10.7. The summed E-state index contributed by atoms with van der Waals surface area (Å²) in [6, 6.07) is 14.3. The monoisotopic (exact) mass is 331 g/mol. The van der Waals surface area contributed by atoms with Gasteiger partial charge in [0.15, 0.2) is 0 Å². The van der Waals surface area contributed by atoms with Gasteiger partial charge in [-0.25, -0.2) is 4.39 Å². The molecule has 0 unspecified atom stereocenters. The van der Waals surface area contributed by atoms with E-state index in [0.29, 0.717) is 11.1 Å². The van der Waals surface area contributed by atoms with E-state index in [1.807, 2.05) is 36.4 Å². The van der Waals surface area contributed by atoms with E-state index >= 15 is 0 Å². The molecule has 0 N–H and O–H groups in total. The lowest BCUT2D eigenvalue weighted by Crippen LogP contribution is -1.97. The highest BCUT2D eigenvalue weighted by Crippen LogP contribution is 2.25. The van der Waals surface area contributed by atoms with Crippen molar-refractivity contribution in [2.45, 2.75) is 6.61 Å². The number of fused-ring (bicyclic) bond motifs is 1. The van der Waals surface area contributed by atoms with Crippen molar-refractivity contribution in [3.8, 4) is 5.75 Å². The van der Waals surface area contributed by atoms with Crippen LogP contribution < -0.4 is 4.74 Å². The number of ether oxygens (including phenoxy) is 1. The predicted molar refractivity (Wildman–Crippen MR) is 80.2 cm³/mol. The van der Waals surface area contributed by atoms with Gasteiger partial charge >= 0.3 is 0 Å². The summed E-state index contributed by atoms with van der Waals surface area (Å²) in [5.74, 6) is 0.466. The molecule has 3 rings (SSSR count). The van der Waals surface area contributed by atoms with Crippen molar-refractivity contribution in [3.63, 3.8) is 0 Å². The summed E-state index contributed by atoms with van der Waals surface area (Å²) in [4.78, 5) is 4.28. The second-order valence-electron chi connectivity index (χ2n) is 4.39. The number of hydrogen-bond donors (Lipinski definition) is 0. The summed E-state index contributed by atoms with van der Waals surface area (Å²) in [5, 5.41) is 0.950. The van der Waals surface area contributed by atoms with Crippen LogP contribution in [0, 0.1) is 5.82 Å². The molecule has 0 bridgehead atoms. The number of nitrogens with zero attached hydrogens (tertiary/aromatic N) is 1. The van der Waals surface area contributed by atoms with E-state index in [1.54, 1.807) is 6.20 Å². The van der Waals surface area contributed by atoms with Gasteiger partial charge in [-0.3, -0.25) is 4.98 Å². The molecule has 1 heterocycles. The molecule has 0 aliphatic heterocycles. The minimum Gasteiger partial charge on any atom is -0.488 e. The third kappa shape index (κ3) is 2.80. The lowest BCUT2D eigenvalue weighted by atomic mass is 10.2. The molecule has 0 spiro atoms. The van der Waals surface area contributed by atoms with Gasteiger partial charge in [-0.2, -0.15) is 0 Å². The first-order valence-electron chi connectivity index (χ1n) is 6.14. The maximum Gasteiger partial charge on any atom is 0.129 e. The lowest BCUT2D eigenvalue weighted by molar-refractivity contribution is 0.309. The molecule has 0 atom stereocenters. The van der Waals surface area contributed by atoms with Gasteiger partial charge in [-0.05, 0) is 48.0 Å². The first-order chi connectivity index (χ1) is 9.72. The largest absolute Gasteiger partial charge is 0.488 e. The molecule has 0 saturated carbocycles. The Morgan fingerprint density at radius 2 is 2.00 bits per heavy atom. The summed E-state index contributed by atoms with van der Waals surface area (Å²) in [6.07, 6.45) is 1.75. The van der Waals surface area contributed by atoms with E-state index in [9.17, 15) is 4.39 Å². The molecule has 3 aromatic rings. The molecule has 0 fully saturated rings. The van der Waals surface area contributed by atoms with Gasteiger partial charge in [-0.15, -0.1) is 0 Å². The molecule has 100 valence electrons. The zero-order valence-electron chi connectivity index (χ0n) is 10.5. The van der Waals surface area contributed by atoms with Crippen molar-refractivity contribution in [3.05, 3.63) is 70.6 Å². The molecule has 20 heavy (non-hydrogen) atoms. The van der Waals surface area contributed by atoms with Crippen molar-refractivity contribution >= 4 is 26.8 Å². The Morgan fingerprint density at radius 3 is 2.85 bits per heavy atom. The SMILES string of the molecule is Fc1cc(Br)cc(COc2cccc3ncccc23)c1. The Hall–Kier alpha value is -1.94. The van der Waals surface area contributed by atoms with Crippen LogP contribution in [0.25, 0.3) is 10.9 Å². The van der Waals surface area contributed by atoms with Crippen LogP contribution in [0.5, 0.6) is 5.75 Å². The Balaban J connectivity index is 1.87. The fraction of sp³-hybridized carbons (Fsp3) is 0.0625. The first kappa shape index (κ1) is 13.1. The molecular weight excluding hydrogens is 321 g/mol. The number of pyridine rings is 1. The van der Waals surface area contributed by atoms with Crippen molar-refractivity contribution in [1.82, 2.24) is 4.98 Å². The minimum atomic E-state index is -0.280. The Morgan fingerprint density at radius 1 is 1.10 bits per heavy atom. The average Bonchev–Trinajstić information content (AvgIpc) is 2.44. The molecule has 4 heteroatoms. The third-order valence-electron chi connectivity index (χ3n) is 2.92. The zero-order valence-corrected chi connectivity index (χ0v) is 12.1. The van der Waals surface area contributed by atoms with Crippen LogP contribution in [0.3, 0.4) is 0 Å². The van der Waals surface area contributed by atoms with Crippen LogP contribution in [-0.4, -0.2) is 4.98 Å². The third-order valence-corrected chi connectivity index (χ3v) is 3.38. The first-order valence-corrected chi connectivity index (χ1v) is 6.93. The van der Waals surface area contributed by atoms with Crippen LogP contribution in [0.15, 0.2) is 59.2 Å². The second kappa shape index (κ2) is 5.59. The van der Waals surface area contributed by atoms with Crippen molar-refractivity contribution in [1.29, 1.82) is 0 Å². The molecule has 0 saturated heterocycles. The molecule has 0 aliphatic rings. The van der Waals surface area contributed by atoms with Gasteiger partial charge in [0, 0.05) is 16.1 Å². The predicted octanol–water partition coefficient (Wildman–Crippen LogP) is 4.72. The molecular formula is C16H11BrFNO. The van der Waals surface area contributed by atoms with Crippen LogP contribution in [0.1, 0.15) is 5.56 Å². The standard InChI is InChI=1S/C16H11BrFNO/c17-12-7-11(8-13(18)9-12)10-20-16-5-1-4-15-14(16)3-2-6-19-15/h1-9H,10H2. The van der Waals surface area contributed by atoms with Gasteiger partial charge in [0.05, 0.1) is 5.52 Å². The minimum absolute atomic E-state index is 0.280. The number of aromatic nitrogens is 1. The van der Waals surface area contributed by atoms with Crippen LogP contribution in [0.4, 0.5) is 4.39 Å². The zero-order chi connectivity index (χ0) is 13.9. The van der Waals surface area contributed by atoms with E-state index < -0.39 is 0 Å². The van der Waals surface area contributed by atoms with E-state index in [4.69, 9.17) is 4.74 Å². The van der Waals surface area contributed by atoms with Crippen LogP contribution in [-0.2, 0) is 6.61 Å². The van der Waals surface area contributed by atoms with Gasteiger partial charge in [-0.1, -0.05) is 22.0 Å². The highest BCUT2D eigenvalue weighted by Gasteiger charge is 2.04. The van der Waals surface area contributed by atoms with E-state index in [2.05, 4.69) is 20.9 Å². The van der Waals surface area contributed by atoms with Crippen molar-refractivity contribution in [2.24, 2.45) is 0 Å². The number of hydrogen-bond acceptors (Lipinski definition) is 2. The summed E-state index contributed by atoms with van der Waals surface area (Å²) in [5.41, 5.74) is 1.66. The molecule has 0 radical (unpaired) electrons. The molecule has 2 nitrogen and oxygen atoms in total. The highest BCUT2D eigenvalue weighted by molar-refractivity contribution is 9.10. The molecule has 1 aromatic heterocycles. The maximum absolute atomic E-state index is 13.3. The van der Waals surface area contributed by atoms with Crippen LogP contribution >= 0.6 is 15.9 Å². The van der Waals surface area contributed by atoms with Gasteiger partial charge in [0.1, 0.15) is 18.2 Å². The van der Waals surface area contributed by atoms with Gasteiger partial charge in [0.25, 0.3) is 0 Å². The maximum atomic E-state index is 13.3. The summed E-state index contributed by atoms with van der Waals surface area (Å²) in [6.45, 7) is 0.310.